The summed E-state index contributed by atoms with van der Waals surface area (Å²) >= 11 is 0. The van der Waals surface area contributed by atoms with Gasteiger partial charge in [-0.05, 0) is 23.6 Å². The molecule has 2 aromatic rings. The molecule has 100 valence electrons. The fourth-order valence-electron chi connectivity index (χ4n) is 1.87. The van der Waals surface area contributed by atoms with Crippen LogP contribution in [0.5, 0.6) is 5.75 Å². The Morgan fingerprint density at radius 1 is 1.32 bits per heavy atom. The average molecular weight is 260 g/mol. The first-order valence-corrected chi connectivity index (χ1v) is 6.05. The van der Waals surface area contributed by atoms with Crippen molar-refractivity contribution in [3.8, 4) is 5.75 Å². The monoisotopic (exact) mass is 260 g/mol. The van der Waals surface area contributed by atoms with Crippen LogP contribution in [0.25, 0.3) is 0 Å². The van der Waals surface area contributed by atoms with Gasteiger partial charge in [-0.3, -0.25) is 4.79 Å². The molecule has 0 aliphatic rings. The van der Waals surface area contributed by atoms with E-state index >= 15 is 0 Å². The largest absolute Gasteiger partial charge is 0.497 e. The normalized spacial score (nSPS) is 10.8. The summed E-state index contributed by atoms with van der Waals surface area (Å²) in [5.41, 5.74) is 1.47. The number of rotatable bonds is 4. The molecule has 0 atom stereocenters. The highest BCUT2D eigenvalue weighted by Gasteiger charge is 2.21. The Hall–Kier alpha value is -2.17. The van der Waals surface area contributed by atoms with Crippen LogP contribution in [0.3, 0.4) is 0 Å². The van der Waals surface area contributed by atoms with Crippen LogP contribution in [-0.2, 0) is 0 Å². The quantitative estimate of drug-likeness (QED) is 0.791. The van der Waals surface area contributed by atoms with Crippen LogP contribution in [0, 0.1) is 6.92 Å². The van der Waals surface area contributed by atoms with Crippen LogP contribution in [0.1, 0.15) is 47.5 Å². The van der Waals surface area contributed by atoms with E-state index in [9.17, 15) is 4.79 Å². The van der Waals surface area contributed by atoms with Gasteiger partial charge in [-0.1, -0.05) is 19.9 Å². The van der Waals surface area contributed by atoms with Crippen molar-refractivity contribution in [2.45, 2.75) is 26.7 Å². The molecule has 0 saturated heterocycles. The average Bonchev–Trinajstić information content (AvgIpc) is 2.83. The molecule has 2 rings (SSSR count). The second-order valence-corrected chi connectivity index (χ2v) is 4.56. The standard InChI is InChI=1S/C14H16N2O3/c1-8(2)11-6-5-10(18-4)7-12(11)13(17)14-16-15-9(3)19-14/h5-8H,1-4H3. The van der Waals surface area contributed by atoms with Gasteiger partial charge in [0.15, 0.2) is 0 Å². The molecule has 5 nitrogen and oxygen atoms in total. The number of carbonyl (C=O) groups excluding carboxylic acids is 1. The summed E-state index contributed by atoms with van der Waals surface area (Å²) in [6.07, 6.45) is 0. The minimum atomic E-state index is -0.275. The Morgan fingerprint density at radius 3 is 2.58 bits per heavy atom. The number of benzene rings is 1. The summed E-state index contributed by atoms with van der Waals surface area (Å²) in [6, 6.07) is 5.43. The van der Waals surface area contributed by atoms with Gasteiger partial charge in [0, 0.05) is 12.5 Å². The van der Waals surface area contributed by atoms with Crippen LogP contribution >= 0.6 is 0 Å². The molecule has 0 aliphatic heterocycles. The van der Waals surface area contributed by atoms with Gasteiger partial charge >= 0.3 is 0 Å². The van der Waals surface area contributed by atoms with E-state index in [1.165, 1.54) is 0 Å². The minimum Gasteiger partial charge on any atom is -0.497 e. The lowest BCUT2D eigenvalue weighted by Gasteiger charge is -2.12. The first-order chi connectivity index (χ1) is 9.02. The zero-order valence-corrected chi connectivity index (χ0v) is 11.4. The van der Waals surface area contributed by atoms with Gasteiger partial charge in [-0.2, -0.15) is 0 Å². The number of methoxy groups -OCH3 is 1. The topological polar surface area (TPSA) is 65.2 Å². The molecule has 0 spiro atoms. The van der Waals surface area contributed by atoms with Crippen LogP contribution in [0.15, 0.2) is 22.6 Å². The Bertz CT molecular complexity index is 602. The number of nitrogens with zero attached hydrogens (tertiary/aromatic N) is 2. The van der Waals surface area contributed by atoms with E-state index in [0.29, 0.717) is 17.2 Å². The lowest BCUT2D eigenvalue weighted by molar-refractivity contribution is 0.1000. The third-order valence-electron chi connectivity index (χ3n) is 2.85. The SMILES string of the molecule is COc1ccc(C(C)C)c(C(=O)c2nnc(C)o2)c1. The van der Waals surface area contributed by atoms with Crippen LogP contribution in [0.4, 0.5) is 0 Å². The van der Waals surface area contributed by atoms with Gasteiger partial charge in [-0.15, -0.1) is 10.2 Å². The minimum absolute atomic E-state index is 0.00709. The lowest BCUT2D eigenvalue weighted by atomic mass is 9.94. The van der Waals surface area contributed by atoms with E-state index in [1.54, 1.807) is 20.1 Å². The molecule has 0 N–H and O–H groups in total. The summed E-state index contributed by atoms with van der Waals surface area (Å²) in [4.78, 5) is 12.4. The molecule has 1 heterocycles. The first-order valence-electron chi connectivity index (χ1n) is 6.05. The lowest BCUT2D eigenvalue weighted by Crippen LogP contribution is -2.07. The third-order valence-corrected chi connectivity index (χ3v) is 2.85. The molecular weight excluding hydrogens is 244 g/mol. The van der Waals surface area contributed by atoms with Crippen molar-refractivity contribution in [1.82, 2.24) is 10.2 Å². The fraction of sp³-hybridized carbons (Fsp3) is 0.357. The summed E-state index contributed by atoms with van der Waals surface area (Å²) < 4.78 is 10.4. The summed E-state index contributed by atoms with van der Waals surface area (Å²) in [5, 5.41) is 7.45. The van der Waals surface area contributed by atoms with Gasteiger partial charge in [0.2, 0.25) is 11.7 Å². The number of aromatic nitrogens is 2. The molecule has 19 heavy (non-hydrogen) atoms. The van der Waals surface area contributed by atoms with E-state index in [-0.39, 0.29) is 17.6 Å². The van der Waals surface area contributed by atoms with Gasteiger partial charge in [0.05, 0.1) is 7.11 Å². The molecule has 0 fully saturated rings. The molecule has 1 aromatic heterocycles. The molecular formula is C14H16N2O3. The maximum absolute atomic E-state index is 12.4. The summed E-state index contributed by atoms with van der Waals surface area (Å²) in [6.45, 7) is 5.70. The number of ketones is 1. The molecule has 0 amide bonds. The molecule has 0 saturated carbocycles. The predicted octanol–water partition coefficient (Wildman–Crippen LogP) is 2.74. The summed E-state index contributed by atoms with van der Waals surface area (Å²) in [7, 11) is 1.56. The Morgan fingerprint density at radius 2 is 2.05 bits per heavy atom. The molecule has 1 aromatic carbocycles. The van der Waals surface area contributed by atoms with E-state index in [2.05, 4.69) is 10.2 Å². The van der Waals surface area contributed by atoms with Crippen molar-refractivity contribution in [1.29, 1.82) is 0 Å². The zero-order chi connectivity index (χ0) is 14.0. The van der Waals surface area contributed by atoms with Crippen molar-refractivity contribution in [2.75, 3.05) is 7.11 Å². The molecule has 0 unspecified atom stereocenters. The number of carbonyl (C=O) groups is 1. The molecule has 0 aliphatic carbocycles. The van der Waals surface area contributed by atoms with Crippen LogP contribution in [-0.4, -0.2) is 23.1 Å². The Kier molecular flexibility index (Phi) is 3.64. The fourth-order valence-corrected chi connectivity index (χ4v) is 1.87. The molecule has 0 bridgehead atoms. The maximum atomic E-state index is 12.4. The maximum Gasteiger partial charge on any atom is 0.289 e. The van der Waals surface area contributed by atoms with Gasteiger partial charge in [0.1, 0.15) is 5.75 Å². The molecule has 0 radical (unpaired) electrons. The van der Waals surface area contributed by atoms with Gasteiger partial charge in [0.25, 0.3) is 5.89 Å². The number of aryl methyl sites for hydroxylation is 1. The zero-order valence-electron chi connectivity index (χ0n) is 11.4. The number of ether oxygens (including phenoxy) is 1. The van der Waals surface area contributed by atoms with Crippen LogP contribution in [0.2, 0.25) is 0 Å². The Balaban J connectivity index is 2.50. The highest BCUT2D eigenvalue weighted by molar-refractivity contribution is 6.07. The van der Waals surface area contributed by atoms with Gasteiger partial charge < -0.3 is 9.15 Å². The van der Waals surface area contributed by atoms with E-state index in [4.69, 9.17) is 9.15 Å². The van der Waals surface area contributed by atoms with E-state index in [0.717, 1.165) is 5.56 Å². The summed E-state index contributed by atoms with van der Waals surface area (Å²) in [5.74, 6) is 0.950. The highest BCUT2D eigenvalue weighted by Crippen LogP contribution is 2.26. The van der Waals surface area contributed by atoms with Crippen molar-refractivity contribution >= 4 is 5.78 Å². The Labute approximate surface area is 111 Å². The smallest absolute Gasteiger partial charge is 0.289 e. The van der Waals surface area contributed by atoms with E-state index < -0.39 is 0 Å². The van der Waals surface area contributed by atoms with E-state index in [1.807, 2.05) is 26.0 Å². The second kappa shape index (κ2) is 5.22. The highest BCUT2D eigenvalue weighted by atomic mass is 16.5. The number of hydrogen-bond donors (Lipinski definition) is 0. The van der Waals surface area contributed by atoms with Crippen LogP contribution < -0.4 is 4.74 Å². The third kappa shape index (κ3) is 2.65. The van der Waals surface area contributed by atoms with Crippen molar-refractivity contribution in [3.05, 3.63) is 41.1 Å². The predicted molar refractivity (Wildman–Crippen MR) is 69.6 cm³/mol. The van der Waals surface area contributed by atoms with Gasteiger partial charge in [-0.25, -0.2) is 0 Å². The number of hydrogen-bond acceptors (Lipinski definition) is 5. The molecule has 5 heteroatoms. The van der Waals surface area contributed by atoms with Crippen molar-refractivity contribution in [3.63, 3.8) is 0 Å². The van der Waals surface area contributed by atoms with Crippen molar-refractivity contribution in [2.24, 2.45) is 0 Å². The first kappa shape index (κ1) is 13.3. The second-order valence-electron chi connectivity index (χ2n) is 4.56. The van der Waals surface area contributed by atoms with Crippen molar-refractivity contribution < 1.29 is 13.9 Å².